The normalized spacial score (nSPS) is 15.5. The van der Waals surface area contributed by atoms with Gasteiger partial charge in [-0.1, -0.05) is 30.8 Å². The van der Waals surface area contributed by atoms with Crippen molar-refractivity contribution in [1.82, 2.24) is 14.5 Å². The lowest BCUT2D eigenvalue weighted by molar-refractivity contribution is -0.130. The molecular weight excluding hydrogens is 464 g/mol. The van der Waals surface area contributed by atoms with Crippen LogP contribution >= 0.6 is 0 Å². The van der Waals surface area contributed by atoms with E-state index in [4.69, 9.17) is 5.73 Å². The summed E-state index contributed by atoms with van der Waals surface area (Å²) in [5.74, 6) is 0.820. The zero-order valence-electron chi connectivity index (χ0n) is 20.4. The molecule has 7 nitrogen and oxygen atoms in total. The molecule has 0 radical (unpaired) electrons. The third-order valence-electron chi connectivity index (χ3n) is 7.55. The lowest BCUT2D eigenvalue weighted by Crippen LogP contribution is -2.49. The monoisotopic (exact) mass is 492 g/mol. The van der Waals surface area contributed by atoms with Crippen LogP contribution in [0.2, 0.25) is 0 Å². The summed E-state index contributed by atoms with van der Waals surface area (Å²) >= 11 is 0. The Bertz CT molecular complexity index is 1610. The number of likely N-dealkylation sites (tertiary alicyclic amines) is 1. The molecule has 4 aromatic rings. The smallest absolute Gasteiger partial charge is 0.263 e. The summed E-state index contributed by atoms with van der Waals surface area (Å²) in [5, 5.41) is 12.1. The molecule has 2 aliphatic rings. The van der Waals surface area contributed by atoms with Gasteiger partial charge in [-0.3, -0.25) is 14.2 Å². The minimum Gasteiger partial charge on any atom is -0.392 e. The number of pyridine rings is 2. The molecule has 1 saturated carbocycles. The van der Waals surface area contributed by atoms with Gasteiger partial charge in [0.2, 0.25) is 5.91 Å². The van der Waals surface area contributed by atoms with E-state index in [2.05, 4.69) is 29.8 Å². The maximum Gasteiger partial charge on any atom is 0.263 e. The van der Waals surface area contributed by atoms with Crippen LogP contribution in [-0.2, 0) is 11.4 Å². The van der Waals surface area contributed by atoms with Gasteiger partial charge in [-0.2, -0.15) is 0 Å². The molecule has 0 bridgehead atoms. The standard InChI is InChI=1S/C30H28N4O3/c1-2-29(36)33-15-22(16-33)27-13-21-12-19(18-6-7-18)8-9-24(21)30(37)34(27)26-5-3-4-23(25(26)17-35)20-10-11-32-28(31)14-20/h2-5,8-14,18,22,35H,1,6-7,15-17H2,(H2,31,32). The maximum atomic E-state index is 14.1. The van der Waals surface area contributed by atoms with E-state index in [1.54, 1.807) is 21.7 Å². The van der Waals surface area contributed by atoms with E-state index in [9.17, 15) is 14.7 Å². The molecule has 1 aliphatic carbocycles. The zero-order chi connectivity index (χ0) is 25.7. The van der Waals surface area contributed by atoms with Gasteiger partial charge in [-0.05, 0) is 77.2 Å². The van der Waals surface area contributed by atoms with Gasteiger partial charge in [-0.25, -0.2) is 4.98 Å². The topological polar surface area (TPSA) is 101 Å². The number of anilines is 1. The minimum absolute atomic E-state index is 0.0163. The quantitative estimate of drug-likeness (QED) is 0.395. The van der Waals surface area contributed by atoms with Crippen molar-refractivity contribution in [1.29, 1.82) is 0 Å². The molecule has 7 heteroatoms. The highest BCUT2D eigenvalue weighted by Gasteiger charge is 2.34. The largest absolute Gasteiger partial charge is 0.392 e. The number of nitrogens with zero attached hydrogens (tertiary/aromatic N) is 3. The third kappa shape index (κ3) is 4.01. The van der Waals surface area contributed by atoms with E-state index in [1.807, 2.05) is 30.3 Å². The lowest BCUT2D eigenvalue weighted by Gasteiger charge is -2.40. The van der Waals surface area contributed by atoms with Crippen LogP contribution in [0.15, 0.2) is 78.2 Å². The van der Waals surface area contributed by atoms with Gasteiger partial charge in [0, 0.05) is 41.8 Å². The van der Waals surface area contributed by atoms with Gasteiger partial charge in [0.15, 0.2) is 0 Å². The fraction of sp³-hybridized carbons (Fsp3) is 0.233. The number of carbonyl (C=O) groups is 1. The number of carbonyl (C=O) groups excluding carboxylic acids is 1. The molecule has 0 spiro atoms. The number of nitrogens with two attached hydrogens (primary N) is 1. The first-order valence-electron chi connectivity index (χ1n) is 12.5. The molecule has 0 unspecified atom stereocenters. The van der Waals surface area contributed by atoms with Crippen molar-refractivity contribution < 1.29 is 9.90 Å². The van der Waals surface area contributed by atoms with Crippen LogP contribution < -0.4 is 11.3 Å². The van der Waals surface area contributed by atoms with Crippen molar-refractivity contribution in [3.63, 3.8) is 0 Å². The number of amides is 1. The molecule has 6 rings (SSSR count). The second-order valence-corrected chi connectivity index (χ2v) is 9.91. The Hall–Kier alpha value is -4.23. The van der Waals surface area contributed by atoms with E-state index in [-0.39, 0.29) is 24.0 Å². The Morgan fingerprint density at radius 1 is 1.11 bits per heavy atom. The predicted molar refractivity (Wildman–Crippen MR) is 145 cm³/mol. The Morgan fingerprint density at radius 3 is 2.62 bits per heavy atom. The molecule has 2 aromatic heterocycles. The van der Waals surface area contributed by atoms with Gasteiger partial charge < -0.3 is 15.7 Å². The van der Waals surface area contributed by atoms with E-state index in [0.717, 1.165) is 22.2 Å². The molecule has 1 aliphatic heterocycles. The molecule has 1 saturated heterocycles. The number of rotatable bonds is 6. The van der Waals surface area contributed by atoms with E-state index in [1.165, 1.54) is 24.5 Å². The average Bonchev–Trinajstić information content (AvgIpc) is 3.73. The van der Waals surface area contributed by atoms with Crippen molar-refractivity contribution in [3.8, 4) is 16.8 Å². The van der Waals surface area contributed by atoms with E-state index in [0.29, 0.717) is 41.5 Å². The van der Waals surface area contributed by atoms with E-state index < -0.39 is 0 Å². The predicted octanol–water partition coefficient (Wildman–Crippen LogP) is 4.12. The first kappa shape index (κ1) is 23.2. The SMILES string of the molecule is C=CC(=O)N1CC(c2cc3cc(C4CC4)ccc3c(=O)n2-c2cccc(-c3ccnc(N)c3)c2CO)C1. The summed E-state index contributed by atoms with van der Waals surface area (Å²) in [5.41, 5.74) is 10.7. The molecular formula is C30H28N4O3. The highest BCUT2D eigenvalue weighted by molar-refractivity contribution is 5.88. The summed E-state index contributed by atoms with van der Waals surface area (Å²) < 4.78 is 1.72. The number of aromatic nitrogens is 2. The number of fused-ring (bicyclic) bond motifs is 1. The third-order valence-corrected chi connectivity index (χ3v) is 7.55. The lowest BCUT2D eigenvalue weighted by atomic mass is 9.92. The maximum absolute atomic E-state index is 14.1. The number of hydrogen-bond donors (Lipinski definition) is 2. The first-order chi connectivity index (χ1) is 18.0. The van der Waals surface area contributed by atoms with Gasteiger partial charge in [0.05, 0.1) is 12.3 Å². The number of aliphatic hydroxyl groups excluding tert-OH is 1. The van der Waals surface area contributed by atoms with Crippen molar-refractivity contribution >= 4 is 22.5 Å². The van der Waals surface area contributed by atoms with Crippen molar-refractivity contribution in [2.75, 3.05) is 18.8 Å². The Morgan fingerprint density at radius 2 is 1.92 bits per heavy atom. The van der Waals surface area contributed by atoms with Gasteiger partial charge in [0.1, 0.15) is 5.82 Å². The molecule has 2 fully saturated rings. The summed E-state index contributed by atoms with van der Waals surface area (Å²) in [6.45, 7) is 4.35. The highest BCUT2D eigenvalue weighted by atomic mass is 16.3. The van der Waals surface area contributed by atoms with Crippen LogP contribution in [0.25, 0.3) is 27.6 Å². The van der Waals surface area contributed by atoms with Crippen LogP contribution in [0.1, 0.15) is 41.5 Å². The number of aliphatic hydroxyl groups is 1. The molecule has 3 N–H and O–H groups in total. The fourth-order valence-corrected chi connectivity index (χ4v) is 5.39. The van der Waals surface area contributed by atoms with Gasteiger partial charge >= 0.3 is 0 Å². The summed E-state index contributed by atoms with van der Waals surface area (Å²) in [6, 6.07) is 17.4. The van der Waals surface area contributed by atoms with Crippen LogP contribution in [0, 0.1) is 0 Å². The number of benzene rings is 2. The molecule has 1 amide bonds. The Balaban J connectivity index is 1.56. The van der Waals surface area contributed by atoms with Crippen molar-refractivity contribution in [2.45, 2.75) is 31.3 Å². The van der Waals surface area contributed by atoms with Crippen LogP contribution in [0.4, 0.5) is 5.82 Å². The van der Waals surface area contributed by atoms with Gasteiger partial charge in [-0.15, -0.1) is 0 Å². The number of hydrogen-bond acceptors (Lipinski definition) is 5. The first-order valence-corrected chi connectivity index (χ1v) is 12.5. The van der Waals surface area contributed by atoms with Crippen molar-refractivity contribution in [2.24, 2.45) is 0 Å². The van der Waals surface area contributed by atoms with E-state index >= 15 is 0 Å². The summed E-state index contributed by atoms with van der Waals surface area (Å²) in [6.07, 6.45) is 5.31. The molecule has 3 heterocycles. The van der Waals surface area contributed by atoms with Gasteiger partial charge in [0.25, 0.3) is 5.56 Å². The molecule has 0 atom stereocenters. The van der Waals surface area contributed by atoms with Crippen LogP contribution in [-0.4, -0.2) is 38.6 Å². The molecule has 37 heavy (non-hydrogen) atoms. The summed E-state index contributed by atoms with van der Waals surface area (Å²) in [4.78, 5) is 32.0. The second-order valence-electron chi connectivity index (χ2n) is 9.91. The summed E-state index contributed by atoms with van der Waals surface area (Å²) in [7, 11) is 0. The molecule has 2 aromatic carbocycles. The van der Waals surface area contributed by atoms with Crippen molar-refractivity contribution in [3.05, 3.63) is 101 Å². The second kappa shape index (κ2) is 9.01. The minimum atomic E-state index is -0.260. The molecule has 186 valence electrons. The Labute approximate surface area is 214 Å². The van der Waals surface area contributed by atoms with Crippen LogP contribution in [0.5, 0.6) is 0 Å². The Kier molecular flexibility index (Phi) is 5.65. The fourth-order valence-electron chi connectivity index (χ4n) is 5.39. The number of nitrogen functional groups attached to an aromatic ring is 1. The zero-order valence-corrected chi connectivity index (χ0v) is 20.4. The average molecular weight is 493 g/mol. The highest BCUT2D eigenvalue weighted by Crippen LogP contribution is 2.41. The van der Waals surface area contributed by atoms with Crippen LogP contribution in [0.3, 0.4) is 0 Å².